The highest BCUT2D eigenvalue weighted by Crippen LogP contribution is 2.48. The Morgan fingerprint density at radius 2 is 1.86 bits per heavy atom. The molecule has 0 saturated carbocycles. The number of ether oxygens (including phenoxy) is 1. The van der Waals surface area contributed by atoms with E-state index in [4.69, 9.17) is 9.26 Å². The van der Waals surface area contributed by atoms with Crippen molar-refractivity contribution in [2.24, 2.45) is 0 Å². The normalized spacial score (nSPS) is 19.6. The summed E-state index contributed by atoms with van der Waals surface area (Å²) in [5, 5.41) is 2.91. The summed E-state index contributed by atoms with van der Waals surface area (Å²) in [7, 11) is -3.31. The number of hydrogen-bond acceptors (Lipinski definition) is 4. The summed E-state index contributed by atoms with van der Waals surface area (Å²) in [5.41, 5.74) is 1.06. The van der Waals surface area contributed by atoms with E-state index in [1.54, 1.807) is 26.0 Å². The lowest BCUT2D eigenvalue weighted by Gasteiger charge is -2.14. The molecule has 3 rings (SSSR count). The molecule has 1 unspecified atom stereocenters. The predicted octanol–water partition coefficient (Wildman–Crippen LogP) is 3.39. The third kappa shape index (κ3) is 2.54. The smallest absolute Gasteiger partial charge is 0.327 e. The maximum Gasteiger partial charge on any atom is 0.327 e. The fourth-order valence-electron chi connectivity index (χ4n) is 2.52. The molecule has 2 aromatic carbocycles. The summed E-state index contributed by atoms with van der Waals surface area (Å²) in [6.07, 6.45) is 0. The molecule has 0 bridgehead atoms. The summed E-state index contributed by atoms with van der Waals surface area (Å²) in [4.78, 5) is 12.1. The molecule has 0 spiro atoms. The zero-order valence-electron chi connectivity index (χ0n) is 12.3. The van der Waals surface area contributed by atoms with E-state index in [1.165, 1.54) is 0 Å². The number of amides is 1. The van der Waals surface area contributed by atoms with Crippen molar-refractivity contribution in [2.45, 2.75) is 13.8 Å². The second-order valence-corrected chi connectivity index (χ2v) is 6.99. The molecular weight excluding hydrogens is 301 g/mol. The highest BCUT2D eigenvalue weighted by molar-refractivity contribution is 7.67. The standard InChI is InChI=1S/C16H16NO4P/c1-3-20-22(19)15-11(2)9-13(10-14(15)16(18)17-22)21-12-7-5-4-6-8-12/h4-10H,3H2,1-2H3,(H,17,18,19). The van der Waals surface area contributed by atoms with Crippen molar-refractivity contribution < 1.29 is 18.6 Å². The summed E-state index contributed by atoms with van der Waals surface area (Å²) in [6.45, 7) is 3.80. The van der Waals surface area contributed by atoms with Gasteiger partial charge >= 0.3 is 7.52 Å². The number of hydrogen-bond donors (Lipinski definition) is 1. The van der Waals surface area contributed by atoms with Crippen molar-refractivity contribution in [1.29, 1.82) is 0 Å². The molecule has 1 N–H and O–H groups in total. The van der Waals surface area contributed by atoms with Crippen molar-refractivity contribution >= 4 is 18.7 Å². The van der Waals surface area contributed by atoms with Gasteiger partial charge in [-0.15, -0.1) is 0 Å². The molecule has 1 atom stereocenters. The SMILES string of the molecule is CCOP1(=O)NC(=O)c2cc(Oc3ccccc3)cc(C)c21. The van der Waals surface area contributed by atoms with Gasteiger partial charge in [0, 0.05) is 0 Å². The van der Waals surface area contributed by atoms with Gasteiger partial charge in [-0.1, -0.05) is 18.2 Å². The molecule has 6 heteroatoms. The summed E-state index contributed by atoms with van der Waals surface area (Å²) in [5.74, 6) is 0.809. The van der Waals surface area contributed by atoms with E-state index in [0.29, 0.717) is 27.9 Å². The van der Waals surface area contributed by atoms with Crippen LogP contribution in [0.25, 0.3) is 0 Å². The van der Waals surface area contributed by atoms with Crippen molar-refractivity contribution in [3.05, 3.63) is 53.6 Å². The van der Waals surface area contributed by atoms with Crippen LogP contribution in [0, 0.1) is 6.92 Å². The van der Waals surface area contributed by atoms with Crippen LogP contribution in [0.3, 0.4) is 0 Å². The van der Waals surface area contributed by atoms with Gasteiger partial charge in [-0.25, -0.2) is 0 Å². The van der Waals surface area contributed by atoms with Crippen molar-refractivity contribution in [2.75, 3.05) is 6.61 Å². The average Bonchev–Trinajstić information content (AvgIpc) is 2.72. The van der Waals surface area contributed by atoms with E-state index in [2.05, 4.69) is 5.09 Å². The Hall–Kier alpha value is -2.10. The second kappa shape index (κ2) is 5.59. The largest absolute Gasteiger partial charge is 0.457 e. The maximum absolute atomic E-state index is 12.7. The Bertz CT molecular complexity index is 773. The number of aryl methyl sites for hydroxylation is 1. The van der Waals surface area contributed by atoms with Gasteiger partial charge in [0.1, 0.15) is 11.5 Å². The van der Waals surface area contributed by atoms with Crippen LogP contribution >= 0.6 is 7.52 Å². The van der Waals surface area contributed by atoms with E-state index >= 15 is 0 Å². The third-order valence-corrected chi connectivity index (χ3v) is 5.65. The fraction of sp³-hybridized carbons (Fsp3) is 0.188. The Kier molecular flexibility index (Phi) is 3.77. The molecule has 1 aliphatic rings. The van der Waals surface area contributed by atoms with E-state index in [0.717, 1.165) is 0 Å². The third-order valence-electron chi connectivity index (χ3n) is 3.35. The Morgan fingerprint density at radius 1 is 1.14 bits per heavy atom. The van der Waals surface area contributed by atoms with Gasteiger partial charge in [0.15, 0.2) is 0 Å². The lowest BCUT2D eigenvalue weighted by atomic mass is 10.1. The molecular formula is C16H16NO4P. The van der Waals surface area contributed by atoms with Crippen LogP contribution in [0.2, 0.25) is 0 Å². The molecule has 114 valence electrons. The van der Waals surface area contributed by atoms with Crippen LogP contribution in [0.5, 0.6) is 11.5 Å². The van der Waals surface area contributed by atoms with Gasteiger partial charge in [-0.2, -0.15) is 0 Å². The molecule has 0 saturated heterocycles. The van der Waals surface area contributed by atoms with E-state index < -0.39 is 13.4 Å². The number of carbonyl (C=O) groups excluding carboxylic acids is 1. The predicted molar refractivity (Wildman–Crippen MR) is 84.0 cm³/mol. The number of fused-ring (bicyclic) bond motifs is 1. The molecule has 0 radical (unpaired) electrons. The van der Waals surface area contributed by atoms with E-state index in [1.807, 2.05) is 30.3 Å². The van der Waals surface area contributed by atoms with Gasteiger partial charge in [-0.3, -0.25) is 14.4 Å². The van der Waals surface area contributed by atoms with Crippen LogP contribution in [-0.4, -0.2) is 12.5 Å². The minimum Gasteiger partial charge on any atom is -0.457 e. The Labute approximate surface area is 128 Å². The molecule has 0 aliphatic carbocycles. The molecule has 22 heavy (non-hydrogen) atoms. The number of benzene rings is 2. The average molecular weight is 317 g/mol. The Balaban J connectivity index is 2.02. The highest BCUT2D eigenvalue weighted by atomic mass is 31.2. The number of carbonyl (C=O) groups is 1. The molecule has 1 amide bonds. The number of para-hydroxylation sites is 1. The van der Waals surface area contributed by atoms with E-state index in [9.17, 15) is 9.36 Å². The number of rotatable bonds is 4. The minimum atomic E-state index is -3.31. The first-order chi connectivity index (χ1) is 10.5. The van der Waals surface area contributed by atoms with Gasteiger partial charge in [0.25, 0.3) is 5.91 Å². The zero-order valence-corrected chi connectivity index (χ0v) is 13.2. The van der Waals surface area contributed by atoms with Gasteiger partial charge < -0.3 is 9.26 Å². The van der Waals surface area contributed by atoms with Crippen molar-refractivity contribution in [3.8, 4) is 11.5 Å². The fourth-order valence-corrected chi connectivity index (χ4v) is 4.59. The summed E-state index contributed by atoms with van der Waals surface area (Å²) >= 11 is 0. The topological polar surface area (TPSA) is 64.6 Å². The summed E-state index contributed by atoms with van der Waals surface area (Å²) < 4.78 is 23.8. The van der Waals surface area contributed by atoms with Crippen LogP contribution in [0.1, 0.15) is 22.8 Å². The van der Waals surface area contributed by atoms with Gasteiger partial charge in [0.05, 0.1) is 17.5 Å². The van der Waals surface area contributed by atoms with Crippen molar-refractivity contribution in [1.82, 2.24) is 5.09 Å². The highest BCUT2D eigenvalue weighted by Gasteiger charge is 2.41. The first-order valence-electron chi connectivity index (χ1n) is 6.99. The first-order valence-corrected chi connectivity index (χ1v) is 8.61. The molecule has 0 aromatic heterocycles. The molecule has 2 aromatic rings. The molecule has 5 nitrogen and oxygen atoms in total. The second-order valence-electron chi connectivity index (χ2n) is 4.96. The van der Waals surface area contributed by atoms with Gasteiger partial charge in [0.2, 0.25) is 0 Å². The molecule has 1 aliphatic heterocycles. The first kappa shape index (κ1) is 14.8. The monoisotopic (exact) mass is 317 g/mol. The minimum absolute atomic E-state index is 0.263. The van der Waals surface area contributed by atoms with E-state index in [-0.39, 0.29) is 6.61 Å². The van der Waals surface area contributed by atoms with Crippen molar-refractivity contribution in [3.63, 3.8) is 0 Å². The van der Waals surface area contributed by atoms with Gasteiger partial charge in [-0.05, 0) is 43.7 Å². The van der Waals surface area contributed by atoms with Crippen LogP contribution in [0.15, 0.2) is 42.5 Å². The number of nitrogens with one attached hydrogen (secondary N) is 1. The summed E-state index contributed by atoms with van der Waals surface area (Å²) in [6, 6.07) is 12.6. The van der Waals surface area contributed by atoms with Crippen LogP contribution < -0.4 is 15.1 Å². The quantitative estimate of drug-likeness (QED) is 0.878. The molecule has 1 heterocycles. The lowest BCUT2D eigenvalue weighted by Crippen LogP contribution is -2.15. The maximum atomic E-state index is 12.7. The molecule has 0 fully saturated rings. The lowest BCUT2D eigenvalue weighted by molar-refractivity contribution is 0.0982. The Morgan fingerprint density at radius 3 is 2.55 bits per heavy atom. The van der Waals surface area contributed by atoms with Crippen LogP contribution in [0.4, 0.5) is 0 Å². The zero-order chi connectivity index (χ0) is 15.7. The van der Waals surface area contributed by atoms with Crippen LogP contribution in [-0.2, 0) is 9.09 Å².